The SMILES string of the molecule is CCc1ccc2c(c1O)CCCC2=O. The summed E-state index contributed by atoms with van der Waals surface area (Å²) < 4.78 is 0. The number of hydrogen-bond acceptors (Lipinski definition) is 2. The van der Waals surface area contributed by atoms with Crippen LogP contribution in [0.5, 0.6) is 5.75 Å². The quantitative estimate of drug-likeness (QED) is 0.738. The van der Waals surface area contributed by atoms with Crippen molar-refractivity contribution in [3.05, 3.63) is 28.8 Å². The van der Waals surface area contributed by atoms with E-state index in [0.29, 0.717) is 12.2 Å². The highest BCUT2D eigenvalue weighted by Gasteiger charge is 2.20. The number of phenols is 1. The van der Waals surface area contributed by atoms with E-state index in [4.69, 9.17) is 0 Å². The number of Topliss-reactive ketones (excluding diaryl/α,β-unsaturated/α-hetero) is 1. The first-order chi connectivity index (χ1) is 6.74. The highest BCUT2D eigenvalue weighted by atomic mass is 16.3. The molecule has 0 aliphatic heterocycles. The lowest BCUT2D eigenvalue weighted by molar-refractivity contribution is 0.0971. The third kappa shape index (κ3) is 1.31. The summed E-state index contributed by atoms with van der Waals surface area (Å²) >= 11 is 0. The largest absolute Gasteiger partial charge is 0.507 e. The van der Waals surface area contributed by atoms with Crippen molar-refractivity contribution in [3.8, 4) is 5.75 Å². The molecule has 0 aromatic heterocycles. The van der Waals surface area contributed by atoms with Gasteiger partial charge in [0, 0.05) is 17.5 Å². The maximum absolute atomic E-state index is 11.5. The van der Waals surface area contributed by atoms with Gasteiger partial charge in [0.2, 0.25) is 0 Å². The zero-order chi connectivity index (χ0) is 10.1. The van der Waals surface area contributed by atoms with Gasteiger partial charge in [-0.05, 0) is 24.8 Å². The smallest absolute Gasteiger partial charge is 0.163 e. The van der Waals surface area contributed by atoms with E-state index in [1.807, 2.05) is 19.1 Å². The van der Waals surface area contributed by atoms with Crippen molar-refractivity contribution in [2.45, 2.75) is 32.6 Å². The van der Waals surface area contributed by atoms with Crippen LogP contribution in [0.15, 0.2) is 12.1 Å². The standard InChI is InChI=1S/C12H14O2/c1-2-8-6-7-9-10(12(8)14)4-3-5-11(9)13/h6-7,14H,2-5H2,1H3. The second-order valence-corrected chi connectivity index (χ2v) is 3.73. The van der Waals surface area contributed by atoms with Crippen molar-refractivity contribution in [3.63, 3.8) is 0 Å². The molecule has 1 aromatic carbocycles. The van der Waals surface area contributed by atoms with Crippen molar-refractivity contribution in [1.82, 2.24) is 0 Å². The number of carbonyl (C=O) groups excluding carboxylic acids is 1. The Bertz CT molecular complexity index is 380. The number of aromatic hydroxyl groups is 1. The average Bonchev–Trinajstić information content (AvgIpc) is 2.20. The molecule has 1 aliphatic rings. The molecule has 0 atom stereocenters. The number of carbonyl (C=O) groups is 1. The second kappa shape index (κ2) is 3.45. The van der Waals surface area contributed by atoms with Gasteiger partial charge in [-0.15, -0.1) is 0 Å². The number of ketones is 1. The topological polar surface area (TPSA) is 37.3 Å². The van der Waals surface area contributed by atoms with Gasteiger partial charge in [-0.25, -0.2) is 0 Å². The molecule has 0 radical (unpaired) electrons. The van der Waals surface area contributed by atoms with Crippen LogP contribution in [0.4, 0.5) is 0 Å². The fourth-order valence-electron chi connectivity index (χ4n) is 2.04. The molecule has 74 valence electrons. The molecule has 0 bridgehead atoms. The van der Waals surface area contributed by atoms with Gasteiger partial charge in [0.25, 0.3) is 0 Å². The lowest BCUT2D eigenvalue weighted by atomic mass is 9.88. The molecule has 1 aliphatic carbocycles. The van der Waals surface area contributed by atoms with Gasteiger partial charge in [-0.1, -0.05) is 19.1 Å². The van der Waals surface area contributed by atoms with Crippen molar-refractivity contribution < 1.29 is 9.90 Å². The van der Waals surface area contributed by atoms with Crippen molar-refractivity contribution in [1.29, 1.82) is 0 Å². The minimum Gasteiger partial charge on any atom is -0.507 e. The van der Waals surface area contributed by atoms with Gasteiger partial charge >= 0.3 is 0 Å². The van der Waals surface area contributed by atoms with Crippen LogP contribution in [-0.4, -0.2) is 10.9 Å². The van der Waals surface area contributed by atoms with Gasteiger partial charge < -0.3 is 5.11 Å². The summed E-state index contributed by atoms with van der Waals surface area (Å²) in [6.45, 7) is 2.01. The van der Waals surface area contributed by atoms with Crippen LogP contribution in [0.25, 0.3) is 0 Å². The Morgan fingerprint density at radius 2 is 2.14 bits per heavy atom. The molecular weight excluding hydrogens is 176 g/mol. The molecule has 0 saturated heterocycles. The summed E-state index contributed by atoms with van der Waals surface area (Å²) in [4.78, 5) is 11.5. The van der Waals surface area contributed by atoms with Gasteiger partial charge in [0.1, 0.15) is 5.75 Å². The van der Waals surface area contributed by atoms with Crippen molar-refractivity contribution >= 4 is 5.78 Å². The molecule has 2 rings (SSSR count). The third-order valence-electron chi connectivity index (χ3n) is 2.88. The van der Waals surface area contributed by atoms with Crippen molar-refractivity contribution in [2.24, 2.45) is 0 Å². The molecule has 0 heterocycles. The van der Waals surface area contributed by atoms with Crippen LogP contribution < -0.4 is 0 Å². The summed E-state index contributed by atoms with van der Waals surface area (Å²) in [6.07, 6.45) is 3.14. The fraction of sp³-hybridized carbons (Fsp3) is 0.417. The van der Waals surface area contributed by atoms with Crippen LogP contribution in [0, 0.1) is 0 Å². The average molecular weight is 190 g/mol. The molecule has 1 aromatic rings. The third-order valence-corrected chi connectivity index (χ3v) is 2.88. The van der Waals surface area contributed by atoms with E-state index < -0.39 is 0 Å². The van der Waals surface area contributed by atoms with E-state index in [-0.39, 0.29) is 5.78 Å². The number of fused-ring (bicyclic) bond motifs is 1. The summed E-state index contributed by atoms with van der Waals surface area (Å²) in [5.41, 5.74) is 2.53. The van der Waals surface area contributed by atoms with E-state index in [2.05, 4.69) is 0 Å². The number of hydrogen-bond donors (Lipinski definition) is 1. The molecular formula is C12H14O2. The zero-order valence-electron chi connectivity index (χ0n) is 8.34. The Hall–Kier alpha value is -1.31. The number of rotatable bonds is 1. The zero-order valence-corrected chi connectivity index (χ0v) is 8.34. The van der Waals surface area contributed by atoms with E-state index in [0.717, 1.165) is 36.0 Å². The van der Waals surface area contributed by atoms with Gasteiger partial charge in [0.05, 0.1) is 0 Å². The van der Waals surface area contributed by atoms with Crippen LogP contribution >= 0.6 is 0 Å². The van der Waals surface area contributed by atoms with E-state index in [9.17, 15) is 9.90 Å². The highest BCUT2D eigenvalue weighted by Crippen LogP contribution is 2.31. The Morgan fingerprint density at radius 3 is 2.86 bits per heavy atom. The van der Waals surface area contributed by atoms with E-state index >= 15 is 0 Å². The van der Waals surface area contributed by atoms with Crippen LogP contribution in [0.3, 0.4) is 0 Å². The molecule has 2 heteroatoms. The van der Waals surface area contributed by atoms with E-state index in [1.165, 1.54) is 0 Å². The lowest BCUT2D eigenvalue weighted by Crippen LogP contribution is -2.11. The summed E-state index contributed by atoms with van der Waals surface area (Å²) in [7, 11) is 0. The molecule has 0 fully saturated rings. The Labute approximate surface area is 83.6 Å². The van der Waals surface area contributed by atoms with Gasteiger partial charge in [-0.3, -0.25) is 4.79 Å². The van der Waals surface area contributed by atoms with Crippen LogP contribution in [0.2, 0.25) is 0 Å². The van der Waals surface area contributed by atoms with Crippen LogP contribution in [0.1, 0.15) is 41.3 Å². The summed E-state index contributed by atoms with van der Waals surface area (Å²) in [5.74, 6) is 0.516. The minimum atomic E-state index is 0.171. The predicted octanol–water partition coefficient (Wildman–Crippen LogP) is 2.47. The fourth-order valence-corrected chi connectivity index (χ4v) is 2.04. The number of phenolic OH excluding ortho intramolecular Hbond substituents is 1. The molecule has 0 spiro atoms. The normalized spacial score (nSPS) is 15.4. The summed E-state index contributed by atoms with van der Waals surface area (Å²) in [5, 5.41) is 9.90. The Balaban J connectivity index is 2.57. The monoisotopic (exact) mass is 190 g/mol. The van der Waals surface area contributed by atoms with Crippen molar-refractivity contribution in [2.75, 3.05) is 0 Å². The maximum Gasteiger partial charge on any atom is 0.163 e. The maximum atomic E-state index is 11.5. The van der Waals surface area contributed by atoms with Crippen LogP contribution in [-0.2, 0) is 12.8 Å². The minimum absolute atomic E-state index is 0.171. The Morgan fingerprint density at radius 1 is 1.36 bits per heavy atom. The summed E-state index contributed by atoms with van der Waals surface area (Å²) in [6, 6.07) is 3.72. The Kier molecular flexibility index (Phi) is 2.28. The first-order valence-corrected chi connectivity index (χ1v) is 5.11. The first-order valence-electron chi connectivity index (χ1n) is 5.11. The van der Waals surface area contributed by atoms with Gasteiger partial charge in [0.15, 0.2) is 5.78 Å². The molecule has 0 saturated carbocycles. The molecule has 0 amide bonds. The molecule has 1 N–H and O–H groups in total. The van der Waals surface area contributed by atoms with E-state index in [1.54, 1.807) is 0 Å². The first kappa shape index (κ1) is 9.25. The predicted molar refractivity (Wildman–Crippen MR) is 54.8 cm³/mol. The lowest BCUT2D eigenvalue weighted by Gasteiger charge is -2.17. The highest BCUT2D eigenvalue weighted by molar-refractivity contribution is 5.99. The molecule has 0 unspecified atom stereocenters. The number of benzene rings is 1. The molecule has 2 nitrogen and oxygen atoms in total. The second-order valence-electron chi connectivity index (χ2n) is 3.73. The molecule has 14 heavy (non-hydrogen) atoms. The number of aryl methyl sites for hydroxylation is 1. The van der Waals surface area contributed by atoms with Gasteiger partial charge in [-0.2, -0.15) is 0 Å².